The van der Waals surface area contributed by atoms with Crippen molar-refractivity contribution in [1.82, 2.24) is 9.88 Å². The Morgan fingerprint density at radius 3 is 2.55 bits per heavy atom. The summed E-state index contributed by atoms with van der Waals surface area (Å²) in [5.41, 5.74) is 7.49. The van der Waals surface area contributed by atoms with Gasteiger partial charge < -0.3 is 5.73 Å². The summed E-state index contributed by atoms with van der Waals surface area (Å²) >= 11 is 1.65. The molecule has 0 aliphatic carbocycles. The number of carbonyl (C=O) groups is 1. The highest BCUT2D eigenvalue weighted by Crippen LogP contribution is 2.26. The highest BCUT2D eigenvalue weighted by atomic mass is 32.1. The van der Waals surface area contributed by atoms with E-state index in [-0.39, 0.29) is 5.91 Å². The minimum absolute atomic E-state index is 0.352. The Hall–Kier alpha value is -2.24. The number of likely N-dealkylation sites (N-methyl/N-ethyl adjacent to an activating group) is 1. The van der Waals surface area contributed by atoms with Gasteiger partial charge in [-0.25, -0.2) is 4.98 Å². The first-order valence-electron chi connectivity index (χ1n) is 7.04. The van der Waals surface area contributed by atoms with Gasteiger partial charge in [0.15, 0.2) is 0 Å². The zero-order chi connectivity index (χ0) is 15.5. The fourth-order valence-corrected chi connectivity index (χ4v) is 3.59. The molecule has 3 rings (SSSR count). The normalized spacial score (nSPS) is 12.6. The van der Waals surface area contributed by atoms with Gasteiger partial charge in [0.05, 0.1) is 16.8 Å². The predicted octanol–water partition coefficient (Wildman–Crippen LogP) is 2.95. The SMILES string of the molecule is CN(Cc1nc2ccccc2s1)[C@@H](C(N)=O)c1ccccc1. The van der Waals surface area contributed by atoms with Crippen molar-refractivity contribution < 1.29 is 4.79 Å². The van der Waals surface area contributed by atoms with Crippen molar-refractivity contribution in [3.8, 4) is 0 Å². The Bertz CT molecular complexity index is 752. The van der Waals surface area contributed by atoms with E-state index in [1.165, 1.54) is 0 Å². The van der Waals surface area contributed by atoms with Crippen LogP contribution in [0.5, 0.6) is 0 Å². The molecule has 0 aliphatic rings. The smallest absolute Gasteiger partial charge is 0.239 e. The summed E-state index contributed by atoms with van der Waals surface area (Å²) in [6.45, 7) is 0.585. The van der Waals surface area contributed by atoms with Gasteiger partial charge in [0.1, 0.15) is 11.0 Å². The summed E-state index contributed by atoms with van der Waals surface area (Å²) in [6.07, 6.45) is 0. The van der Waals surface area contributed by atoms with E-state index in [9.17, 15) is 4.79 Å². The number of hydrogen-bond acceptors (Lipinski definition) is 4. The third-order valence-electron chi connectivity index (χ3n) is 3.55. The van der Waals surface area contributed by atoms with E-state index in [1.807, 2.05) is 60.5 Å². The molecule has 1 aromatic heterocycles. The first kappa shape index (κ1) is 14.7. The lowest BCUT2D eigenvalue weighted by Gasteiger charge is -2.24. The first-order valence-corrected chi connectivity index (χ1v) is 7.86. The van der Waals surface area contributed by atoms with E-state index >= 15 is 0 Å². The molecule has 0 saturated carbocycles. The van der Waals surface area contributed by atoms with Gasteiger partial charge in [0.25, 0.3) is 0 Å². The zero-order valence-corrected chi connectivity index (χ0v) is 13.1. The number of aromatic nitrogens is 1. The second-order valence-electron chi connectivity index (χ2n) is 5.21. The number of carbonyl (C=O) groups excluding carboxylic acids is 1. The van der Waals surface area contributed by atoms with Crippen molar-refractivity contribution in [3.05, 3.63) is 65.2 Å². The number of rotatable bonds is 5. The molecule has 2 N–H and O–H groups in total. The standard InChI is InChI=1S/C17H17N3OS/c1-20(16(17(18)21)12-7-3-2-4-8-12)11-15-19-13-9-5-6-10-14(13)22-15/h2-10,16H,11H2,1H3,(H2,18,21)/t16-/m1/s1. The van der Waals surface area contributed by atoms with Crippen molar-refractivity contribution in [2.24, 2.45) is 5.73 Å². The number of primary amides is 1. The molecule has 112 valence electrons. The van der Waals surface area contributed by atoms with Crippen LogP contribution in [-0.4, -0.2) is 22.8 Å². The summed E-state index contributed by atoms with van der Waals surface area (Å²) in [5, 5.41) is 0.978. The summed E-state index contributed by atoms with van der Waals surface area (Å²) < 4.78 is 1.15. The summed E-state index contributed by atoms with van der Waals surface area (Å²) in [5.74, 6) is -0.352. The molecule has 0 bridgehead atoms. The molecule has 0 fully saturated rings. The molecule has 1 heterocycles. The van der Waals surface area contributed by atoms with Crippen LogP contribution in [0, 0.1) is 0 Å². The molecule has 0 unspecified atom stereocenters. The third-order valence-corrected chi connectivity index (χ3v) is 4.57. The average molecular weight is 311 g/mol. The maximum Gasteiger partial charge on any atom is 0.239 e. The van der Waals surface area contributed by atoms with Gasteiger partial charge in [-0.05, 0) is 24.7 Å². The van der Waals surface area contributed by atoms with Gasteiger partial charge in [-0.1, -0.05) is 42.5 Å². The molecule has 0 aliphatic heterocycles. The lowest BCUT2D eigenvalue weighted by molar-refractivity contribution is -0.123. The van der Waals surface area contributed by atoms with Crippen molar-refractivity contribution in [1.29, 1.82) is 0 Å². The number of fused-ring (bicyclic) bond motifs is 1. The minimum atomic E-state index is -0.451. The molecule has 3 aromatic rings. The topological polar surface area (TPSA) is 59.2 Å². The van der Waals surface area contributed by atoms with Crippen LogP contribution in [0.25, 0.3) is 10.2 Å². The summed E-state index contributed by atoms with van der Waals surface area (Å²) in [7, 11) is 1.90. The van der Waals surface area contributed by atoms with Crippen LogP contribution in [-0.2, 0) is 11.3 Å². The van der Waals surface area contributed by atoms with Crippen LogP contribution in [0.4, 0.5) is 0 Å². The molecule has 2 aromatic carbocycles. The Morgan fingerprint density at radius 1 is 1.18 bits per heavy atom. The van der Waals surface area contributed by atoms with Crippen LogP contribution in [0.3, 0.4) is 0 Å². The molecule has 0 spiro atoms. The Balaban J connectivity index is 1.85. The van der Waals surface area contributed by atoms with Crippen LogP contribution in [0.15, 0.2) is 54.6 Å². The molecule has 1 amide bonds. The van der Waals surface area contributed by atoms with E-state index in [1.54, 1.807) is 11.3 Å². The summed E-state index contributed by atoms with van der Waals surface area (Å²) in [6, 6.07) is 17.2. The lowest BCUT2D eigenvalue weighted by atomic mass is 10.1. The maximum absolute atomic E-state index is 11.9. The number of benzene rings is 2. The number of para-hydroxylation sites is 1. The molecule has 0 radical (unpaired) electrons. The second-order valence-corrected chi connectivity index (χ2v) is 6.32. The third kappa shape index (κ3) is 3.00. The van der Waals surface area contributed by atoms with Gasteiger partial charge >= 0.3 is 0 Å². The van der Waals surface area contributed by atoms with Gasteiger partial charge in [0, 0.05) is 0 Å². The Kier molecular flexibility index (Phi) is 4.18. The molecular weight excluding hydrogens is 294 g/mol. The lowest BCUT2D eigenvalue weighted by Crippen LogP contribution is -2.34. The Morgan fingerprint density at radius 2 is 1.86 bits per heavy atom. The molecule has 4 nitrogen and oxygen atoms in total. The predicted molar refractivity (Wildman–Crippen MR) is 89.5 cm³/mol. The van der Waals surface area contributed by atoms with Crippen molar-refractivity contribution in [3.63, 3.8) is 0 Å². The largest absolute Gasteiger partial charge is 0.368 e. The highest BCUT2D eigenvalue weighted by Gasteiger charge is 2.23. The van der Waals surface area contributed by atoms with Crippen LogP contribution >= 0.6 is 11.3 Å². The van der Waals surface area contributed by atoms with Gasteiger partial charge in [-0.2, -0.15) is 0 Å². The van der Waals surface area contributed by atoms with Crippen molar-refractivity contribution in [2.45, 2.75) is 12.6 Å². The number of thiazole rings is 1. The number of amides is 1. The van der Waals surface area contributed by atoms with E-state index < -0.39 is 6.04 Å². The molecule has 5 heteroatoms. The van der Waals surface area contributed by atoms with E-state index in [2.05, 4.69) is 11.1 Å². The quantitative estimate of drug-likeness (QED) is 0.788. The first-order chi connectivity index (χ1) is 10.6. The molecular formula is C17H17N3OS. The second kappa shape index (κ2) is 6.25. The highest BCUT2D eigenvalue weighted by molar-refractivity contribution is 7.18. The van der Waals surface area contributed by atoms with Gasteiger partial charge in [0.2, 0.25) is 5.91 Å². The number of nitrogens with zero attached hydrogens (tertiary/aromatic N) is 2. The van der Waals surface area contributed by atoms with E-state index in [0.717, 1.165) is 20.8 Å². The van der Waals surface area contributed by atoms with E-state index in [4.69, 9.17) is 5.73 Å². The van der Waals surface area contributed by atoms with Gasteiger partial charge in [-0.3, -0.25) is 9.69 Å². The van der Waals surface area contributed by atoms with Crippen molar-refractivity contribution in [2.75, 3.05) is 7.05 Å². The van der Waals surface area contributed by atoms with Crippen LogP contribution in [0.2, 0.25) is 0 Å². The van der Waals surface area contributed by atoms with E-state index in [0.29, 0.717) is 6.54 Å². The molecule has 22 heavy (non-hydrogen) atoms. The monoisotopic (exact) mass is 311 g/mol. The minimum Gasteiger partial charge on any atom is -0.368 e. The zero-order valence-electron chi connectivity index (χ0n) is 12.3. The number of nitrogens with two attached hydrogens (primary N) is 1. The van der Waals surface area contributed by atoms with Crippen molar-refractivity contribution >= 4 is 27.5 Å². The number of hydrogen-bond donors (Lipinski definition) is 1. The van der Waals surface area contributed by atoms with Crippen LogP contribution < -0.4 is 5.73 Å². The fraction of sp³-hybridized carbons (Fsp3) is 0.176. The van der Waals surface area contributed by atoms with Crippen LogP contribution in [0.1, 0.15) is 16.6 Å². The maximum atomic E-state index is 11.9. The van der Waals surface area contributed by atoms with Gasteiger partial charge in [-0.15, -0.1) is 11.3 Å². The molecule has 1 atom stereocenters. The molecule has 0 saturated heterocycles. The fourth-order valence-electron chi connectivity index (χ4n) is 2.56. The Labute approximate surface area is 133 Å². The summed E-state index contributed by atoms with van der Waals surface area (Å²) in [4.78, 5) is 18.4. The average Bonchev–Trinajstić information content (AvgIpc) is 2.90.